The molecule has 0 unspecified atom stereocenters. The molecule has 112 valence electrons. The van der Waals surface area contributed by atoms with Gasteiger partial charge in [-0.2, -0.15) is 0 Å². The van der Waals surface area contributed by atoms with Gasteiger partial charge >= 0.3 is 21.2 Å². The van der Waals surface area contributed by atoms with Crippen molar-refractivity contribution >= 4 is 53.7 Å². The molecular weight excluding hydrogens is 531 g/mol. The van der Waals surface area contributed by atoms with Crippen LogP contribution in [0.4, 0.5) is 0 Å². The van der Waals surface area contributed by atoms with E-state index in [9.17, 15) is 0 Å². The summed E-state index contributed by atoms with van der Waals surface area (Å²) in [5.41, 5.74) is 2.17. The highest BCUT2D eigenvalue weighted by Crippen LogP contribution is 2.23. The van der Waals surface area contributed by atoms with E-state index in [-0.39, 0.29) is 21.2 Å². The predicted molar refractivity (Wildman–Crippen MR) is 96.3 cm³/mol. The van der Waals surface area contributed by atoms with E-state index >= 15 is 0 Å². The number of rotatable bonds is 2. The SMILES string of the molecule is Brc1ccc([I+]c2ccc(Br)c3cccnc23)c2ncccc12. The second-order valence-corrected chi connectivity index (χ2v) is 9.52. The molecule has 4 rings (SSSR count). The van der Waals surface area contributed by atoms with Gasteiger partial charge < -0.3 is 0 Å². The van der Waals surface area contributed by atoms with Crippen molar-refractivity contribution in [2.45, 2.75) is 0 Å². The first kappa shape index (κ1) is 15.5. The molecule has 0 spiro atoms. The Balaban J connectivity index is 1.89. The molecule has 0 fully saturated rings. The van der Waals surface area contributed by atoms with Gasteiger partial charge in [-0.05, 0) is 48.5 Å². The molecular formula is C18H10Br2IN2+. The van der Waals surface area contributed by atoms with Crippen LogP contribution in [0.2, 0.25) is 0 Å². The zero-order valence-electron chi connectivity index (χ0n) is 11.8. The monoisotopic (exact) mass is 539 g/mol. The molecule has 0 aliphatic rings. The highest BCUT2D eigenvalue weighted by atomic mass is 127. The minimum absolute atomic E-state index is 0.368. The maximum absolute atomic E-state index is 4.60. The number of nitrogens with zero attached hydrogens (tertiary/aromatic N) is 2. The van der Waals surface area contributed by atoms with Crippen LogP contribution < -0.4 is 21.2 Å². The maximum Gasteiger partial charge on any atom is 0.362 e. The first-order valence-electron chi connectivity index (χ1n) is 6.95. The van der Waals surface area contributed by atoms with Crippen molar-refractivity contribution in [1.82, 2.24) is 9.97 Å². The van der Waals surface area contributed by atoms with Gasteiger partial charge in [-0.25, -0.2) is 0 Å². The number of benzene rings is 2. The van der Waals surface area contributed by atoms with Gasteiger partial charge in [-0.15, -0.1) is 0 Å². The van der Waals surface area contributed by atoms with E-state index in [0.717, 1.165) is 20.0 Å². The predicted octanol–water partition coefficient (Wildman–Crippen LogP) is 2.44. The fourth-order valence-corrected chi connectivity index (χ4v) is 6.09. The van der Waals surface area contributed by atoms with Crippen LogP contribution in [0.25, 0.3) is 21.8 Å². The average molecular weight is 541 g/mol. The minimum atomic E-state index is -0.368. The van der Waals surface area contributed by atoms with E-state index in [2.05, 4.69) is 78.2 Å². The summed E-state index contributed by atoms with van der Waals surface area (Å²) in [5.74, 6) is 0. The number of hydrogen-bond donors (Lipinski definition) is 0. The summed E-state index contributed by atoms with van der Waals surface area (Å²) in [6.45, 7) is 0. The van der Waals surface area contributed by atoms with Crippen molar-refractivity contribution in [2.75, 3.05) is 0 Å². The summed E-state index contributed by atoms with van der Waals surface area (Å²) < 4.78 is 4.81. The lowest BCUT2D eigenvalue weighted by Gasteiger charge is -2.01. The minimum Gasteiger partial charge on any atom is -0.251 e. The van der Waals surface area contributed by atoms with E-state index in [1.165, 1.54) is 17.9 Å². The standard InChI is InChI=1S/C18H10Br2IN2/c19-13-5-7-15(17-11(13)3-1-9-22-17)21-16-8-6-14(20)12-4-2-10-23-18(12)16/h1-10H/q+1. The van der Waals surface area contributed by atoms with Gasteiger partial charge in [0, 0.05) is 32.1 Å². The normalized spacial score (nSPS) is 11.2. The van der Waals surface area contributed by atoms with Gasteiger partial charge in [-0.1, -0.05) is 31.9 Å². The Bertz CT molecular complexity index is 951. The van der Waals surface area contributed by atoms with Gasteiger partial charge in [0.1, 0.15) is 11.0 Å². The Kier molecular flexibility index (Phi) is 4.34. The van der Waals surface area contributed by atoms with Crippen molar-refractivity contribution in [2.24, 2.45) is 0 Å². The number of halogens is 3. The molecule has 0 saturated heterocycles. The van der Waals surface area contributed by atoms with E-state index in [1.807, 2.05) is 24.5 Å². The molecule has 0 radical (unpaired) electrons. The Labute approximate surface area is 160 Å². The van der Waals surface area contributed by atoms with Gasteiger partial charge in [0.25, 0.3) is 0 Å². The van der Waals surface area contributed by atoms with Crippen molar-refractivity contribution in [3.05, 3.63) is 77.0 Å². The van der Waals surface area contributed by atoms with Crippen LogP contribution in [0.3, 0.4) is 0 Å². The number of pyridine rings is 2. The third-order valence-electron chi connectivity index (χ3n) is 3.54. The highest BCUT2D eigenvalue weighted by molar-refractivity contribution is 9.11. The lowest BCUT2D eigenvalue weighted by molar-refractivity contribution is -0.593. The molecule has 2 aromatic heterocycles. The first-order valence-corrected chi connectivity index (χ1v) is 10.7. The van der Waals surface area contributed by atoms with Crippen molar-refractivity contribution in [3.8, 4) is 0 Å². The van der Waals surface area contributed by atoms with Gasteiger partial charge in [0.2, 0.25) is 7.14 Å². The Morgan fingerprint density at radius 1 is 0.652 bits per heavy atom. The molecule has 0 atom stereocenters. The summed E-state index contributed by atoms with van der Waals surface area (Å²) in [4.78, 5) is 9.21. The zero-order valence-corrected chi connectivity index (χ0v) is 17.1. The summed E-state index contributed by atoms with van der Waals surface area (Å²) in [5, 5.41) is 2.33. The number of hydrogen-bond acceptors (Lipinski definition) is 2. The molecule has 0 aliphatic heterocycles. The second-order valence-electron chi connectivity index (χ2n) is 4.95. The Morgan fingerprint density at radius 3 is 1.61 bits per heavy atom. The Hall–Kier alpha value is -1.05. The zero-order chi connectivity index (χ0) is 15.8. The van der Waals surface area contributed by atoms with Crippen LogP contribution in [0.15, 0.2) is 69.9 Å². The van der Waals surface area contributed by atoms with Crippen molar-refractivity contribution in [1.29, 1.82) is 0 Å². The summed E-state index contributed by atoms with van der Waals surface area (Å²) in [7, 11) is 0. The molecule has 2 heterocycles. The van der Waals surface area contributed by atoms with E-state index in [4.69, 9.17) is 0 Å². The molecule has 0 saturated carbocycles. The molecule has 2 nitrogen and oxygen atoms in total. The summed E-state index contributed by atoms with van der Waals surface area (Å²) >= 11 is 6.87. The topological polar surface area (TPSA) is 25.8 Å². The molecule has 0 N–H and O–H groups in total. The molecule has 0 amide bonds. The highest BCUT2D eigenvalue weighted by Gasteiger charge is 2.24. The molecule has 5 heteroatoms. The molecule has 4 aromatic rings. The fourth-order valence-electron chi connectivity index (χ4n) is 2.47. The van der Waals surface area contributed by atoms with Crippen LogP contribution in [-0.2, 0) is 0 Å². The fraction of sp³-hybridized carbons (Fsp3) is 0. The van der Waals surface area contributed by atoms with Gasteiger partial charge in [-0.3, -0.25) is 9.97 Å². The second kappa shape index (κ2) is 6.45. The van der Waals surface area contributed by atoms with Crippen LogP contribution in [-0.4, -0.2) is 9.97 Å². The molecule has 23 heavy (non-hydrogen) atoms. The first-order chi connectivity index (χ1) is 11.2. The number of fused-ring (bicyclic) bond motifs is 2. The average Bonchev–Trinajstić information content (AvgIpc) is 2.60. The van der Waals surface area contributed by atoms with E-state index in [1.54, 1.807) is 0 Å². The lowest BCUT2D eigenvalue weighted by Crippen LogP contribution is -3.61. The maximum atomic E-state index is 4.60. The lowest BCUT2D eigenvalue weighted by atomic mass is 10.2. The van der Waals surface area contributed by atoms with Crippen LogP contribution in [0.5, 0.6) is 0 Å². The number of aromatic nitrogens is 2. The largest absolute Gasteiger partial charge is 0.362 e. The Morgan fingerprint density at radius 2 is 1.13 bits per heavy atom. The summed E-state index contributed by atoms with van der Waals surface area (Å²) in [6, 6.07) is 16.8. The third kappa shape index (κ3) is 2.90. The van der Waals surface area contributed by atoms with Gasteiger partial charge in [0.15, 0.2) is 0 Å². The van der Waals surface area contributed by atoms with Crippen molar-refractivity contribution < 1.29 is 21.2 Å². The molecule has 0 bridgehead atoms. The summed E-state index contributed by atoms with van der Waals surface area (Å²) in [6.07, 6.45) is 3.72. The van der Waals surface area contributed by atoms with Crippen LogP contribution in [0.1, 0.15) is 0 Å². The van der Waals surface area contributed by atoms with Gasteiger partial charge in [0.05, 0.1) is 0 Å². The molecule has 0 aliphatic carbocycles. The van der Waals surface area contributed by atoms with Crippen LogP contribution >= 0.6 is 31.9 Å². The van der Waals surface area contributed by atoms with Crippen molar-refractivity contribution in [3.63, 3.8) is 0 Å². The van der Waals surface area contributed by atoms with Crippen LogP contribution in [0, 0.1) is 7.14 Å². The van der Waals surface area contributed by atoms with E-state index < -0.39 is 0 Å². The third-order valence-corrected chi connectivity index (χ3v) is 7.82. The molecule has 2 aromatic carbocycles. The smallest absolute Gasteiger partial charge is 0.251 e. The van der Waals surface area contributed by atoms with E-state index in [0.29, 0.717) is 0 Å². The quantitative estimate of drug-likeness (QED) is 0.365.